The van der Waals surface area contributed by atoms with E-state index < -0.39 is 6.04 Å². The Balaban J connectivity index is 2.73. The standard InChI is InChI=1S/C12H14ClN3O/c1-2-3-11(15)12(17)16-9-5-4-8(7-14)10(13)6-9/h4-6,11H,2-3,15H2,1H3,(H,16,17). The lowest BCUT2D eigenvalue weighted by Gasteiger charge is -2.11. The second-order valence-electron chi connectivity index (χ2n) is 3.69. The number of hydrogen-bond acceptors (Lipinski definition) is 3. The van der Waals surface area contributed by atoms with E-state index in [0.717, 1.165) is 6.42 Å². The first kappa shape index (κ1) is 13.5. The number of anilines is 1. The van der Waals surface area contributed by atoms with Crippen molar-refractivity contribution in [2.75, 3.05) is 5.32 Å². The van der Waals surface area contributed by atoms with Gasteiger partial charge in [0.1, 0.15) is 6.07 Å². The third kappa shape index (κ3) is 3.74. The van der Waals surface area contributed by atoms with Crippen LogP contribution in [-0.2, 0) is 4.79 Å². The van der Waals surface area contributed by atoms with Crippen LogP contribution in [0.15, 0.2) is 18.2 Å². The zero-order valence-electron chi connectivity index (χ0n) is 9.53. The number of halogens is 1. The number of nitrogens with two attached hydrogens (primary N) is 1. The molecule has 1 aromatic rings. The second-order valence-corrected chi connectivity index (χ2v) is 4.10. The van der Waals surface area contributed by atoms with Crippen molar-refractivity contribution in [3.63, 3.8) is 0 Å². The van der Waals surface area contributed by atoms with E-state index in [0.29, 0.717) is 22.7 Å². The molecule has 0 aromatic heterocycles. The minimum atomic E-state index is -0.519. The summed E-state index contributed by atoms with van der Waals surface area (Å²) in [6, 6.07) is 6.15. The lowest BCUT2D eigenvalue weighted by Crippen LogP contribution is -2.35. The fourth-order valence-electron chi connectivity index (χ4n) is 1.36. The molecule has 1 rings (SSSR count). The van der Waals surface area contributed by atoms with Crippen LogP contribution in [0.25, 0.3) is 0 Å². The average molecular weight is 252 g/mol. The summed E-state index contributed by atoms with van der Waals surface area (Å²) >= 11 is 5.85. The molecule has 0 saturated heterocycles. The molecular formula is C12H14ClN3O. The number of amides is 1. The van der Waals surface area contributed by atoms with Crippen molar-refractivity contribution >= 4 is 23.2 Å². The van der Waals surface area contributed by atoms with Crippen LogP contribution in [-0.4, -0.2) is 11.9 Å². The van der Waals surface area contributed by atoms with Crippen molar-refractivity contribution in [1.29, 1.82) is 5.26 Å². The molecule has 0 heterocycles. The maximum atomic E-state index is 11.6. The predicted molar refractivity (Wildman–Crippen MR) is 67.7 cm³/mol. The van der Waals surface area contributed by atoms with Gasteiger partial charge in [-0.3, -0.25) is 4.79 Å². The zero-order valence-corrected chi connectivity index (χ0v) is 10.3. The molecule has 0 saturated carbocycles. The Hall–Kier alpha value is -1.57. The number of nitrogens with one attached hydrogen (secondary N) is 1. The summed E-state index contributed by atoms with van der Waals surface area (Å²) in [6.07, 6.45) is 1.48. The van der Waals surface area contributed by atoms with Gasteiger partial charge in [-0.25, -0.2) is 0 Å². The molecule has 4 nitrogen and oxygen atoms in total. The van der Waals surface area contributed by atoms with E-state index in [1.165, 1.54) is 6.07 Å². The first-order chi connectivity index (χ1) is 8.08. The maximum Gasteiger partial charge on any atom is 0.241 e. The van der Waals surface area contributed by atoms with E-state index in [-0.39, 0.29) is 5.91 Å². The molecule has 1 atom stereocenters. The lowest BCUT2D eigenvalue weighted by molar-refractivity contribution is -0.117. The molecule has 0 bridgehead atoms. The van der Waals surface area contributed by atoms with E-state index >= 15 is 0 Å². The Morgan fingerprint density at radius 3 is 2.88 bits per heavy atom. The lowest BCUT2D eigenvalue weighted by atomic mass is 10.1. The zero-order chi connectivity index (χ0) is 12.8. The van der Waals surface area contributed by atoms with Crippen molar-refractivity contribution in [1.82, 2.24) is 0 Å². The molecule has 0 aliphatic rings. The summed E-state index contributed by atoms with van der Waals surface area (Å²) in [6.45, 7) is 1.96. The molecule has 17 heavy (non-hydrogen) atoms. The van der Waals surface area contributed by atoms with E-state index in [1.54, 1.807) is 12.1 Å². The van der Waals surface area contributed by atoms with Crippen LogP contribution in [0.2, 0.25) is 5.02 Å². The van der Waals surface area contributed by atoms with Crippen LogP contribution in [0.4, 0.5) is 5.69 Å². The highest BCUT2D eigenvalue weighted by molar-refractivity contribution is 6.32. The monoisotopic (exact) mass is 251 g/mol. The predicted octanol–water partition coefficient (Wildman–Crippen LogP) is 2.28. The minimum absolute atomic E-state index is 0.243. The van der Waals surface area contributed by atoms with E-state index in [2.05, 4.69) is 5.32 Å². The number of carbonyl (C=O) groups is 1. The summed E-state index contributed by atoms with van der Waals surface area (Å²) in [4.78, 5) is 11.6. The van der Waals surface area contributed by atoms with Gasteiger partial charge in [-0.1, -0.05) is 24.9 Å². The highest BCUT2D eigenvalue weighted by atomic mass is 35.5. The quantitative estimate of drug-likeness (QED) is 0.862. The van der Waals surface area contributed by atoms with Gasteiger partial charge in [0.05, 0.1) is 16.6 Å². The molecule has 0 fully saturated rings. The average Bonchev–Trinajstić information content (AvgIpc) is 2.29. The Morgan fingerprint density at radius 2 is 2.35 bits per heavy atom. The molecule has 0 spiro atoms. The number of nitriles is 1. The Bertz CT molecular complexity index is 454. The normalized spacial score (nSPS) is 11.6. The van der Waals surface area contributed by atoms with Gasteiger partial charge in [-0.05, 0) is 24.6 Å². The maximum absolute atomic E-state index is 11.6. The Kier molecular flexibility index (Phi) is 4.95. The van der Waals surface area contributed by atoms with Gasteiger partial charge in [0.2, 0.25) is 5.91 Å². The molecule has 0 aliphatic heterocycles. The number of benzene rings is 1. The van der Waals surface area contributed by atoms with E-state index in [1.807, 2.05) is 13.0 Å². The Morgan fingerprint density at radius 1 is 1.65 bits per heavy atom. The Labute approximate surface area is 105 Å². The van der Waals surface area contributed by atoms with Crippen LogP contribution >= 0.6 is 11.6 Å². The highest BCUT2D eigenvalue weighted by Crippen LogP contribution is 2.20. The molecule has 90 valence electrons. The van der Waals surface area contributed by atoms with Gasteiger partial charge >= 0.3 is 0 Å². The van der Waals surface area contributed by atoms with E-state index in [9.17, 15) is 4.79 Å². The van der Waals surface area contributed by atoms with Gasteiger partial charge in [-0.15, -0.1) is 0 Å². The van der Waals surface area contributed by atoms with Crippen LogP contribution in [0.3, 0.4) is 0 Å². The highest BCUT2D eigenvalue weighted by Gasteiger charge is 2.12. The number of hydrogen-bond donors (Lipinski definition) is 2. The van der Waals surface area contributed by atoms with Gasteiger partial charge in [0, 0.05) is 5.69 Å². The number of carbonyl (C=O) groups excluding carboxylic acids is 1. The SMILES string of the molecule is CCCC(N)C(=O)Nc1ccc(C#N)c(Cl)c1. The molecule has 1 amide bonds. The van der Waals surface area contributed by atoms with Crippen LogP contribution in [0.5, 0.6) is 0 Å². The van der Waals surface area contributed by atoms with Crippen LogP contribution < -0.4 is 11.1 Å². The van der Waals surface area contributed by atoms with Gasteiger partial charge in [0.15, 0.2) is 0 Å². The second kappa shape index (κ2) is 6.24. The molecule has 1 unspecified atom stereocenters. The fourth-order valence-corrected chi connectivity index (χ4v) is 1.58. The van der Waals surface area contributed by atoms with Crippen molar-refractivity contribution in [3.05, 3.63) is 28.8 Å². The fraction of sp³-hybridized carbons (Fsp3) is 0.333. The van der Waals surface area contributed by atoms with Gasteiger partial charge in [-0.2, -0.15) is 5.26 Å². The first-order valence-corrected chi connectivity index (χ1v) is 5.72. The molecule has 5 heteroatoms. The third-order valence-corrected chi connectivity index (χ3v) is 2.61. The molecule has 3 N–H and O–H groups in total. The summed E-state index contributed by atoms with van der Waals surface area (Å²) in [5, 5.41) is 11.7. The molecule has 0 radical (unpaired) electrons. The van der Waals surface area contributed by atoms with Crippen molar-refractivity contribution in [2.45, 2.75) is 25.8 Å². The van der Waals surface area contributed by atoms with Crippen LogP contribution in [0, 0.1) is 11.3 Å². The van der Waals surface area contributed by atoms with Gasteiger partial charge < -0.3 is 11.1 Å². The number of rotatable bonds is 4. The summed E-state index contributed by atoms with van der Waals surface area (Å²) in [5.41, 5.74) is 6.60. The summed E-state index contributed by atoms with van der Waals surface area (Å²) in [5.74, 6) is -0.243. The first-order valence-electron chi connectivity index (χ1n) is 5.34. The summed E-state index contributed by atoms with van der Waals surface area (Å²) in [7, 11) is 0. The molecule has 0 aliphatic carbocycles. The van der Waals surface area contributed by atoms with Crippen molar-refractivity contribution in [3.8, 4) is 6.07 Å². The smallest absolute Gasteiger partial charge is 0.241 e. The van der Waals surface area contributed by atoms with Crippen molar-refractivity contribution < 1.29 is 4.79 Å². The molecule has 1 aromatic carbocycles. The van der Waals surface area contributed by atoms with E-state index in [4.69, 9.17) is 22.6 Å². The van der Waals surface area contributed by atoms with Crippen LogP contribution in [0.1, 0.15) is 25.3 Å². The minimum Gasteiger partial charge on any atom is -0.325 e. The third-order valence-electron chi connectivity index (χ3n) is 2.29. The summed E-state index contributed by atoms with van der Waals surface area (Å²) < 4.78 is 0. The van der Waals surface area contributed by atoms with Crippen molar-refractivity contribution in [2.24, 2.45) is 5.73 Å². The van der Waals surface area contributed by atoms with Gasteiger partial charge in [0.25, 0.3) is 0 Å². The molecular weight excluding hydrogens is 238 g/mol. The largest absolute Gasteiger partial charge is 0.325 e. The number of nitrogens with zero attached hydrogens (tertiary/aromatic N) is 1. The topological polar surface area (TPSA) is 78.9 Å².